The van der Waals surface area contributed by atoms with Crippen LogP contribution in [-0.2, 0) is 4.74 Å². The predicted octanol–water partition coefficient (Wildman–Crippen LogP) is 1.06. The monoisotopic (exact) mass is 201 g/mol. The van der Waals surface area contributed by atoms with E-state index in [1.54, 1.807) is 7.11 Å². The van der Waals surface area contributed by atoms with Gasteiger partial charge in [0.15, 0.2) is 0 Å². The lowest BCUT2D eigenvalue weighted by Gasteiger charge is -2.21. The fourth-order valence-electron chi connectivity index (χ4n) is 1.22. The molecule has 84 valence electrons. The summed E-state index contributed by atoms with van der Waals surface area (Å²) in [5, 5.41) is 7.16. The first-order valence-electron chi connectivity index (χ1n) is 5.24. The smallest absolute Gasteiger partial charge is 0.0918 e. The fourth-order valence-corrected chi connectivity index (χ4v) is 1.22. The number of hydrogen-bond acceptors (Lipinski definition) is 3. The van der Waals surface area contributed by atoms with Gasteiger partial charge in [0.2, 0.25) is 0 Å². The van der Waals surface area contributed by atoms with Crippen LogP contribution in [0.25, 0.3) is 0 Å². The molecule has 0 aromatic rings. The average Bonchev–Trinajstić information content (AvgIpc) is 2.16. The highest BCUT2D eigenvalue weighted by Gasteiger charge is 2.04. The molecule has 4 heteroatoms. The first kappa shape index (κ1) is 13.4. The van der Waals surface area contributed by atoms with Crippen molar-refractivity contribution < 1.29 is 4.74 Å². The van der Waals surface area contributed by atoms with Crippen molar-refractivity contribution in [2.75, 3.05) is 33.4 Å². The molecule has 0 fully saturated rings. The Labute approximate surface area is 86.9 Å². The standard InChI is InChI=1S/C10H23N3O/c1-3-4-6-13(8-9-14-2)7-5-10(11)12/h3-9H2,1-2H3,(H3,11,12). The van der Waals surface area contributed by atoms with Gasteiger partial charge < -0.3 is 15.4 Å². The second-order valence-corrected chi connectivity index (χ2v) is 3.46. The second kappa shape index (κ2) is 8.97. The Morgan fingerprint density at radius 3 is 2.57 bits per heavy atom. The first-order chi connectivity index (χ1) is 6.70. The third-order valence-electron chi connectivity index (χ3n) is 2.14. The van der Waals surface area contributed by atoms with Gasteiger partial charge in [-0.2, -0.15) is 0 Å². The van der Waals surface area contributed by atoms with Crippen LogP contribution in [-0.4, -0.2) is 44.1 Å². The van der Waals surface area contributed by atoms with E-state index in [0.29, 0.717) is 6.42 Å². The molecule has 14 heavy (non-hydrogen) atoms. The summed E-state index contributed by atoms with van der Waals surface area (Å²) in [7, 11) is 1.71. The van der Waals surface area contributed by atoms with Crippen LogP contribution in [0.5, 0.6) is 0 Å². The van der Waals surface area contributed by atoms with Crippen molar-refractivity contribution in [3.8, 4) is 0 Å². The minimum Gasteiger partial charge on any atom is -0.388 e. The zero-order valence-corrected chi connectivity index (χ0v) is 9.38. The van der Waals surface area contributed by atoms with Crippen LogP contribution in [0.1, 0.15) is 26.2 Å². The van der Waals surface area contributed by atoms with Crippen LogP contribution in [0.3, 0.4) is 0 Å². The van der Waals surface area contributed by atoms with Gasteiger partial charge in [-0.05, 0) is 13.0 Å². The number of hydrogen-bond donors (Lipinski definition) is 2. The Hall–Kier alpha value is -0.610. The van der Waals surface area contributed by atoms with Gasteiger partial charge in [0.05, 0.1) is 12.4 Å². The van der Waals surface area contributed by atoms with Gasteiger partial charge in [-0.15, -0.1) is 0 Å². The van der Waals surface area contributed by atoms with E-state index >= 15 is 0 Å². The molecule has 0 unspecified atom stereocenters. The zero-order valence-electron chi connectivity index (χ0n) is 9.38. The molecule has 0 aromatic carbocycles. The highest BCUT2D eigenvalue weighted by Crippen LogP contribution is 1.96. The van der Waals surface area contributed by atoms with Crippen molar-refractivity contribution in [2.45, 2.75) is 26.2 Å². The molecule has 0 radical (unpaired) electrons. The molecule has 0 heterocycles. The summed E-state index contributed by atoms with van der Waals surface area (Å²) in [6.07, 6.45) is 3.05. The van der Waals surface area contributed by atoms with Crippen molar-refractivity contribution in [2.24, 2.45) is 5.73 Å². The molecule has 0 aliphatic rings. The van der Waals surface area contributed by atoms with Gasteiger partial charge in [0.25, 0.3) is 0 Å². The number of nitrogens with zero attached hydrogens (tertiary/aromatic N) is 1. The summed E-state index contributed by atoms with van der Waals surface area (Å²) in [5.74, 6) is 0.268. The summed E-state index contributed by atoms with van der Waals surface area (Å²) < 4.78 is 5.03. The lowest BCUT2D eigenvalue weighted by Crippen LogP contribution is -2.31. The third kappa shape index (κ3) is 8.01. The van der Waals surface area contributed by atoms with Crippen molar-refractivity contribution in [3.63, 3.8) is 0 Å². The highest BCUT2D eigenvalue weighted by molar-refractivity contribution is 5.76. The van der Waals surface area contributed by atoms with Gasteiger partial charge in [-0.1, -0.05) is 13.3 Å². The SMILES string of the molecule is CCCCN(CCOC)CCC(=N)N. The van der Waals surface area contributed by atoms with Crippen LogP contribution in [0.4, 0.5) is 0 Å². The number of nitrogens with two attached hydrogens (primary N) is 1. The number of ether oxygens (including phenoxy) is 1. The van der Waals surface area contributed by atoms with Gasteiger partial charge in [0.1, 0.15) is 0 Å². The van der Waals surface area contributed by atoms with Crippen LogP contribution < -0.4 is 5.73 Å². The maximum absolute atomic E-state index is 7.16. The Morgan fingerprint density at radius 1 is 1.36 bits per heavy atom. The van der Waals surface area contributed by atoms with Crippen molar-refractivity contribution in [1.29, 1.82) is 5.41 Å². The van der Waals surface area contributed by atoms with E-state index in [-0.39, 0.29) is 5.84 Å². The largest absolute Gasteiger partial charge is 0.388 e. The number of rotatable bonds is 9. The molecule has 0 aliphatic carbocycles. The summed E-state index contributed by atoms with van der Waals surface area (Å²) in [4.78, 5) is 2.30. The maximum Gasteiger partial charge on any atom is 0.0918 e. The number of methoxy groups -OCH3 is 1. The van der Waals surface area contributed by atoms with Crippen LogP contribution in [0.15, 0.2) is 0 Å². The normalized spacial score (nSPS) is 10.8. The van der Waals surface area contributed by atoms with E-state index in [4.69, 9.17) is 15.9 Å². The van der Waals surface area contributed by atoms with E-state index in [1.165, 1.54) is 12.8 Å². The third-order valence-corrected chi connectivity index (χ3v) is 2.14. The minimum atomic E-state index is 0.268. The van der Waals surface area contributed by atoms with E-state index in [0.717, 1.165) is 26.2 Å². The van der Waals surface area contributed by atoms with E-state index in [1.807, 2.05) is 0 Å². The molecule has 3 N–H and O–H groups in total. The summed E-state index contributed by atoms with van der Waals surface area (Å²) in [6.45, 7) is 5.82. The number of nitrogens with one attached hydrogen (secondary N) is 1. The molecule has 0 saturated carbocycles. The van der Waals surface area contributed by atoms with E-state index in [9.17, 15) is 0 Å². The molecule has 0 amide bonds. The molecule has 0 bridgehead atoms. The second-order valence-electron chi connectivity index (χ2n) is 3.46. The van der Waals surface area contributed by atoms with Gasteiger partial charge in [0, 0.05) is 26.6 Å². The Balaban J connectivity index is 3.65. The fraction of sp³-hybridized carbons (Fsp3) is 0.900. The lowest BCUT2D eigenvalue weighted by atomic mass is 10.3. The maximum atomic E-state index is 7.16. The van der Waals surface area contributed by atoms with Crippen molar-refractivity contribution in [3.05, 3.63) is 0 Å². The van der Waals surface area contributed by atoms with E-state index < -0.39 is 0 Å². The summed E-state index contributed by atoms with van der Waals surface area (Å²) in [5.41, 5.74) is 5.32. The van der Waals surface area contributed by atoms with E-state index in [2.05, 4.69) is 11.8 Å². The predicted molar refractivity (Wildman–Crippen MR) is 59.8 cm³/mol. The molecule has 0 aliphatic heterocycles. The molecule has 0 aromatic heterocycles. The molecule has 4 nitrogen and oxygen atoms in total. The van der Waals surface area contributed by atoms with Crippen molar-refractivity contribution in [1.82, 2.24) is 4.90 Å². The molecule has 0 atom stereocenters. The molecular weight excluding hydrogens is 178 g/mol. The molecule has 0 spiro atoms. The average molecular weight is 201 g/mol. The van der Waals surface area contributed by atoms with Gasteiger partial charge >= 0.3 is 0 Å². The van der Waals surface area contributed by atoms with Crippen LogP contribution in [0.2, 0.25) is 0 Å². The summed E-state index contributed by atoms with van der Waals surface area (Å²) >= 11 is 0. The Kier molecular flexibility index (Phi) is 8.57. The van der Waals surface area contributed by atoms with Gasteiger partial charge in [-0.25, -0.2) is 0 Å². The first-order valence-corrected chi connectivity index (χ1v) is 5.24. The molecule has 0 rings (SSSR count). The van der Waals surface area contributed by atoms with Crippen LogP contribution >= 0.6 is 0 Å². The minimum absolute atomic E-state index is 0.268. The van der Waals surface area contributed by atoms with Crippen molar-refractivity contribution >= 4 is 5.84 Å². The Morgan fingerprint density at radius 2 is 2.07 bits per heavy atom. The highest BCUT2D eigenvalue weighted by atomic mass is 16.5. The zero-order chi connectivity index (χ0) is 10.8. The lowest BCUT2D eigenvalue weighted by molar-refractivity contribution is 0.148. The van der Waals surface area contributed by atoms with Gasteiger partial charge in [-0.3, -0.25) is 5.41 Å². The van der Waals surface area contributed by atoms with Crippen LogP contribution in [0, 0.1) is 5.41 Å². The molecule has 0 saturated heterocycles. The topological polar surface area (TPSA) is 62.3 Å². The quantitative estimate of drug-likeness (QED) is 0.433. The Bertz CT molecular complexity index is 142. The summed E-state index contributed by atoms with van der Waals surface area (Å²) in [6, 6.07) is 0. The molecular formula is C10H23N3O. The number of amidine groups is 1. The number of unbranched alkanes of at least 4 members (excludes halogenated alkanes) is 1.